The van der Waals surface area contributed by atoms with Gasteiger partial charge in [0.1, 0.15) is 15.6 Å². The van der Waals surface area contributed by atoms with Crippen LogP contribution in [0.1, 0.15) is 0 Å². The van der Waals surface area contributed by atoms with E-state index in [1.807, 2.05) is 30.5 Å². The highest BCUT2D eigenvalue weighted by Gasteiger charge is 2.18. The smallest absolute Gasteiger partial charge is 0.154 e. The normalized spacial score (nSPS) is 11.8. The number of para-hydroxylation sites is 3. The second-order valence-corrected chi connectivity index (χ2v) is 16.6. The average Bonchev–Trinajstić information content (AvgIpc) is 4.02. The summed E-state index contributed by atoms with van der Waals surface area (Å²) in [5.41, 5.74) is 11.3. The molecule has 0 aliphatic rings. The largest absolute Gasteiger partial charge is 0.454 e. The van der Waals surface area contributed by atoms with Crippen LogP contribution in [0.4, 0.5) is 17.1 Å². The summed E-state index contributed by atoms with van der Waals surface area (Å²) >= 11 is 3.46. The summed E-state index contributed by atoms with van der Waals surface area (Å²) in [4.78, 5) is 16.8. The van der Waals surface area contributed by atoms with E-state index in [0.717, 1.165) is 93.1 Å². The van der Waals surface area contributed by atoms with Crippen LogP contribution in [0.5, 0.6) is 0 Å². The Bertz CT molecular complexity index is 3320. The molecule has 0 atom stereocenters. The number of thiazole rings is 2. The monoisotopic (exact) mass is 778 g/mol. The SMILES string of the molecule is c1ccc2sc(-c3ccc4cc(N(c5ccc(-c6cncc7oc8ccccc8c67)cc5)c5ccc6cc(-c7nc8ccccc8s7)ccc6c5)ccc4c3)nc2c1. The second kappa shape index (κ2) is 13.2. The van der Waals surface area contributed by atoms with Gasteiger partial charge < -0.3 is 9.32 Å². The predicted octanol–water partition coefficient (Wildman–Crippen LogP) is 15.0. The second-order valence-electron chi connectivity index (χ2n) is 14.5. The zero-order valence-corrected chi connectivity index (χ0v) is 32.5. The molecule has 0 bridgehead atoms. The minimum Gasteiger partial charge on any atom is -0.454 e. The first-order valence-corrected chi connectivity index (χ1v) is 20.8. The molecular weight excluding hydrogens is 749 g/mol. The van der Waals surface area contributed by atoms with E-state index in [4.69, 9.17) is 14.4 Å². The molecule has 272 valence electrons. The number of anilines is 3. The van der Waals surface area contributed by atoms with Crippen molar-refractivity contribution in [3.8, 4) is 32.3 Å². The third-order valence-electron chi connectivity index (χ3n) is 11.0. The van der Waals surface area contributed by atoms with Crippen molar-refractivity contribution < 1.29 is 4.42 Å². The van der Waals surface area contributed by atoms with Crippen LogP contribution in [0.25, 0.3) is 96.2 Å². The van der Waals surface area contributed by atoms with E-state index in [1.54, 1.807) is 28.9 Å². The number of rotatable bonds is 6. The summed E-state index contributed by atoms with van der Waals surface area (Å²) in [6.07, 6.45) is 3.74. The van der Waals surface area contributed by atoms with Crippen molar-refractivity contribution in [3.05, 3.63) is 182 Å². The molecular formula is C51H30N4OS2. The molecule has 58 heavy (non-hydrogen) atoms. The van der Waals surface area contributed by atoms with Gasteiger partial charge in [0.2, 0.25) is 0 Å². The number of aromatic nitrogens is 3. The van der Waals surface area contributed by atoms with Gasteiger partial charge in [0.15, 0.2) is 5.58 Å². The maximum Gasteiger partial charge on any atom is 0.154 e. The molecule has 0 fully saturated rings. The highest BCUT2D eigenvalue weighted by Crippen LogP contribution is 2.42. The summed E-state index contributed by atoms with van der Waals surface area (Å²) in [6, 6.07) is 60.4. The van der Waals surface area contributed by atoms with E-state index in [9.17, 15) is 0 Å². The van der Waals surface area contributed by atoms with Crippen LogP contribution >= 0.6 is 22.7 Å². The van der Waals surface area contributed by atoms with Crippen molar-refractivity contribution in [1.82, 2.24) is 15.0 Å². The fraction of sp³-hybridized carbons (Fsp3) is 0. The zero-order chi connectivity index (χ0) is 38.2. The molecule has 4 aromatic heterocycles. The van der Waals surface area contributed by atoms with Crippen molar-refractivity contribution in [2.24, 2.45) is 0 Å². The molecule has 0 amide bonds. The molecule has 0 spiro atoms. The summed E-state index contributed by atoms with van der Waals surface area (Å²) in [6.45, 7) is 0. The van der Waals surface area contributed by atoms with Crippen LogP contribution in [-0.2, 0) is 0 Å². The van der Waals surface area contributed by atoms with Crippen LogP contribution in [0.3, 0.4) is 0 Å². The number of pyridine rings is 1. The van der Waals surface area contributed by atoms with Gasteiger partial charge in [0.05, 0.1) is 26.6 Å². The van der Waals surface area contributed by atoms with Gasteiger partial charge in [-0.1, -0.05) is 91.0 Å². The Morgan fingerprint density at radius 3 is 1.57 bits per heavy atom. The Labute approximate surface area is 340 Å². The van der Waals surface area contributed by atoms with Gasteiger partial charge in [0, 0.05) is 50.7 Å². The van der Waals surface area contributed by atoms with Crippen molar-refractivity contribution in [2.75, 3.05) is 4.90 Å². The van der Waals surface area contributed by atoms with Crippen LogP contribution < -0.4 is 4.90 Å². The highest BCUT2D eigenvalue weighted by atomic mass is 32.1. The summed E-state index contributed by atoms with van der Waals surface area (Å²) < 4.78 is 8.57. The van der Waals surface area contributed by atoms with Crippen LogP contribution in [-0.4, -0.2) is 15.0 Å². The van der Waals surface area contributed by atoms with Crippen LogP contribution in [0.15, 0.2) is 187 Å². The molecule has 5 nitrogen and oxygen atoms in total. The number of furan rings is 1. The minimum atomic E-state index is 0.786. The van der Waals surface area contributed by atoms with Gasteiger partial charge in [-0.15, -0.1) is 22.7 Å². The molecule has 0 aliphatic heterocycles. The molecule has 7 heteroatoms. The van der Waals surface area contributed by atoms with Crippen molar-refractivity contribution in [3.63, 3.8) is 0 Å². The van der Waals surface area contributed by atoms with Gasteiger partial charge in [0.25, 0.3) is 0 Å². The number of fused-ring (bicyclic) bond motifs is 7. The van der Waals surface area contributed by atoms with Gasteiger partial charge in [-0.05, 0) is 106 Å². The lowest BCUT2D eigenvalue weighted by Gasteiger charge is -2.26. The van der Waals surface area contributed by atoms with E-state index >= 15 is 0 Å². The number of benzene rings is 8. The molecule has 0 unspecified atom stereocenters. The first-order chi connectivity index (χ1) is 28.7. The summed E-state index contributed by atoms with van der Waals surface area (Å²) in [5.74, 6) is 0. The van der Waals surface area contributed by atoms with E-state index in [1.165, 1.54) is 20.2 Å². The predicted molar refractivity (Wildman–Crippen MR) is 244 cm³/mol. The first kappa shape index (κ1) is 33.0. The molecule has 4 heterocycles. The maximum atomic E-state index is 6.18. The molecule has 0 radical (unpaired) electrons. The quantitative estimate of drug-likeness (QED) is 0.168. The van der Waals surface area contributed by atoms with E-state index < -0.39 is 0 Å². The Morgan fingerprint density at radius 1 is 0.431 bits per heavy atom. The topological polar surface area (TPSA) is 55.1 Å². The third kappa shape index (κ3) is 5.55. The van der Waals surface area contributed by atoms with Gasteiger partial charge in [-0.3, -0.25) is 4.98 Å². The van der Waals surface area contributed by atoms with Gasteiger partial charge >= 0.3 is 0 Å². The van der Waals surface area contributed by atoms with Crippen molar-refractivity contribution in [2.45, 2.75) is 0 Å². The molecule has 0 saturated carbocycles. The van der Waals surface area contributed by atoms with Crippen LogP contribution in [0, 0.1) is 0 Å². The molecule has 0 saturated heterocycles. The summed E-state index contributed by atoms with van der Waals surface area (Å²) in [7, 11) is 0. The minimum absolute atomic E-state index is 0.786. The first-order valence-electron chi connectivity index (χ1n) is 19.1. The van der Waals surface area contributed by atoms with Crippen molar-refractivity contribution >= 4 is 104 Å². The van der Waals surface area contributed by atoms with Gasteiger partial charge in [-0.2, -0.15) is 0 Å². The average molecular weight is 779 g/mol. The Morgan fingerprint density at radius 2 is 0.948 bits per heavy atom. The number of nitrogens with zero attached hydrogens (tertiary/aromatic N) is 4. The fourth-order valence-corrected chi connectivity index (χ4v) is 10.1. The maximum absolute atomic E-state index is 6.18. The van der Waals surface area contributed by atoms with E-state index in [0.29, 0.717) is 0 Å². The Kier molecular flexibility index (Phi) is 7.51. The molecule has 8 aromatic carbocycles. The zero-order valence-electron chi connectivity index (χ0n) is 30.8. The number of hydrogen-bond donors (Lipinski definition) is 0. The lowest BCUT2D eigenvalue weighted by atomic mass is 10.0. The highest BCUT2D eigenvalue weighted by molar-refractivity contribution is 7.22. The molecule has 0 N–H and O–H groups in total. The fourth-order valence-electron chi connectivity index (χ4n) is 8.14. The number of hydrogen-bond acceptors (Lipinski definition) is 7. The Hall–Kier alpha value is -7.19. The summed E-state index contributed by atoms with van der Waals surface area (Å²) in [5, 5.41) is 8.90. The standard InChI is InChI=1S/C51H30N4OS2/c1-4-10-45-41(7-1)49-42(29-52-30-46(49)56-45)31-17-21-38(22-18-31)55(39-23-19-32-25-36(15-13-34(32)27-39)50-53-43-8-2-5-11-47(43)57-50)40-24-20-33-26-37(16-14-35(33)28-40)51-54-44-9-3-6-12-48(44)58-51/h1-30H. The van der Waals surface area contributed by atoms with Crippen molar-refractivity contribution in [1.29, 1.82) is 0 Å². The van der Waals surface area contributed by atoms with E-state index in [-0.39, 0.29) is 0 Å². The lowest BCUT2D eigenvalue weighted by Crippen LogP contribution is -2.10. The van der Waals surface area contributed by atoms with Gasteiger partial charge in [-0.25, -0.2) is 9.97 Å². The Balaban J connectivity index is 0.960. The molecule has 12 aromatic rings. The van der Waals surface area contributed by atoms with Crippen LogP contribution in [0.2, 0.25) is 0 Å². The molecule has 12 rings (SSSR count). The van der Waals surface area contributed by atoms with E-state index in [2.05, 4.69) is 155 Å². The molecule has 0 aliphatic carbocycles. The lowest BCUT2D eigenvalue weighted by molar-refractivity contribution is 0.667. The third-order valence-corrected chi connectivity index (χ3v) is 13.1.